The van der Waals surface area contributed by atoms with Crippen LogP contribution in [0.4, 0.5) is 0 Å². The van der Waals surface area contributed by atoms with Crippen LogP contribution in [-0.4, -0.2) is 11.5 Å². The minimum atomic E-state index is 0.332. The van der Waals surface area contributed by atoms with Crippen molar-refractivity contribution in [1.29, 1.82) is 0 Å². The van der Waals surface area contributed by atoms with Crippen molar-refractivity contribution in [2.45, 2.75) is 32.9 Å². The van der Waals surface area contributed by atoms with Gasteiger partial charge in [0.1, 0.15) is 6.61 Å². The van der Waals surface area contributed by atoms with Crippen molar-refractivity contribution in [3.05, 3.63) is 46.3 Å². The molecule has 1 N–H and O–H groups in total. The van der Waals surface area contributed by atoms with E-state index in [4.69, 9.17) is 4.74 Å². The summed E-state index contributed by atoms with van der Waals surface area (Å²) in [7, 11) is 0. The number of nitrogens with one attached hydrogen (secondary N) is 1. The van der Waals surface area contributed by atoms with Crippen molar-refractivity contribution in [2.75, 3.05) is 6.54 Å². The highest BCUT2D eigenvalue weighted by Gasteiger charge is 2.05. The SMILES string of the molecule is CCCNC(C)c1ccc(OCc2cccs2)nc1. The Balaban J connectivity index is 1.87. The number of thiophene rings is 1. The Hall–Kier alpha value is -1.39. The highest BCUT2D eigenvalue weighted by atomic mass is 32.1. The Labute approximate surface area is 118 Å². The minimum absolute atomic E-state index is 0.332. The Morgan fingerprint density at radius 2 is 2.26 bits per heavy atom. The van der Waals surface area contributed by atoms with Gasteiger partial charge >= 0.3 is 0 Å². The summed E-state index contributed by atoms with van der Waals surface area (Å²) in [5, 5.41) is 5.50. The molecule has 1 unspecified atom stereocenters. The molecule has 2 aromatic heterocycles. The van der Waals surface area contributed by atoms with Gasteiger partial charge in [0.15, 0.2) is 0 Å². The van der Waals surface area contributed by atoms with E-state index in [1.807, 2.05) is 18.3 Å². The second-order valence-electron chi connectivity index (χ2n) is 4.47. The summed E-state index contributed by atoms with van der Waals surface area (Å²) in [5.41, 5.74) is 1.19. The van der Waals surface area contributed by atoms with Crippen LogP contribution in [0, 0.1) is 0 Å². The molecule has 2 rings (SSSR count). The second-order valence-corrected chi connectivity index (χ2v) is 5.51. The summed E-state index contributed by atoms with van der Waals surface area (Å²) in [6.45, 7) is 5.93. The molecule has 0 fully saturated rings. The van der Waals surface area contributed by atoms with Crippen LogP contribution in [-0.2, 0) is 6.61 Å². The lowest BCUT2D eigenvalue weighted by atomic mass is 10.1. The third kappa shape index (κ3) is 4.33. The van der Waals surface area contributed by atoms with Gasteiger partial charge in [0.05, 0.1) is 0 Å². The lowest BCUT2D eigenvalue weighted by Crippen LogP contribution is -2.19. The zero-order chi connectivity index (χ0) is 13.5. The first-order valence-corrected chi connectivity index (χ1v) is 7.52. The number of pyridine rings is 1. The van der Waals surface area contributed by atoms with Gasteiger partial charge < -0.3 is 10.1 Å². The molecule has 0 aromatic carbocycles. The van der Waals surface area contributed by atoms with Crippen molar-refractivity contribution in [1.82, 2.24) is 10.3 Å². The number of nitrogens with zero attached hydrogens (tertiary/aromatic N) is 1. The Morgan fingerprint density at radius 3 is 2.89 bits per heavy atom. The maximum Gasteiger partial charge on any atom is 0.213 e. The van der Waals surface area contributed by atoms with Crippen molar-refractivity contribution >= 4 is 11.3 Å². The van der Waals surface area contributed by atoms with Crippen molar-refractivity contribution in [3.8, 4) is 5.88 Å². The van der Waals surface area contributed by atoms with Crippen LogP contribution in [0.25, 0.3) is 0 Å². The normalized spacial score (nSPS) is 12.3. The standard InChI is InChI=1S/C15H20N2OS/c1-3-8-16-12(2)13-6-7-15(17-10-13)18-11-14-5-4-9-19-14/h4-7,9-10,12,16H,3,8,11H2,1-2H3. The quantitative estimate of drug-likeness (QED) is 0.835. The van der Waals surface area contributed by atoms with Crippen LogP contribution in [0.1, 0.15) is 36.8 Å². The number of hydrogen-bond donors (Lipinski definition) is 1. The molecule has 0 saturated carbocycles. The van der Waals surface area contributed by atoms with Crippen LogP contribution in [0.3, 0.4) is 0 Å². The van der Waals surface area contributed by atoms with Crippen LogP contribution < -0.4 is 10.1 Å². The van der Waals surface area contributed by atoms with Crippen LogP contribution >= 0.6 is 11.3 Å². The van der Waals surface area contributed by atoms with E-state index < -0.39 is 0 Å². The lowest BCUT2D eigenvalue weighted by molar-refractivity contribution is 0.297. The lowest BCUT2D eigenvalue weighted by Gasteiger charge is -2.13. The third-order valence-corrected chi connectivity index (χ3v) is 3.75. The molecule has 0 bridgehead atoms. The van der Waals surface area contributed by atoms with E-state index >= 15 is 0 Å². The molecular weight excluding hydrogens is 256 g/mol. The summed E-state index contributed by atoms with van der Waals surface area (Å²) in [6, 6.07) is 8.44. The average molecular weight is 276 g/mol. The first-order valence-electron chi connectivity index (χ1n) is 6.64. The second kappa shape index (κ2) is 7.26. The molecule has 0 spiro atoms. The maximum absolute atomic E-state index is 5.65. The van der Waals surface area contributed by atoms with Gasteiger partial charge in [-0.05, 0) is 36.9 Å². The zero-order valence-corrected chi connectivity index (χ0v) is 12.2. The average Bonchev–Trinajstić information content (AvgIpc) is 2.96. The number of ether oxygens (including phenoxy) is 1. The molecule has 1 atom stereocenters. The molecule has 2 heterocycles. The molecule has 102 valence electrons. The first kappa shape index (κ1) is 14.0. The predicted octanol–water partition coefficient (Wildman–Crippen LogP) is 3.78. The molecule has 3 nitrogen and oxygen atoms in total. The molecule has 0 aliphatic rings. The van der Waals surface area contributed by atoms with E-state index in [0.29, 0.717) is 18.5 Å². The molecular formula is C15H20N2OS. The fraction of sp³-hybridized carbons (Fsp3) is 0.400. The first-order chi connectivity index (χ1) is 9.29. The number of rotatable bonds is 7. The summed E-state index contributed by atoms with van der Waals surface area (Å²) >= 11 is 1.70. The van der Waals surface area contributed by atoms with Gasteiger partial charge in [-0.2, -0.15) is 0 Å². The van der Waals surface area contributed by atoms with E-state index in [2.05, 4.69) is 41.7 Å². The molecule has 0 aliphatic carbocycles. The summed E-state index contributed by atoms with van der Waals surface area (Å²) in [6.07, 6.45) is 3.02. The molecule has 0 saturated heterocycles. The Bertz CT molecular complexity index is 467. The number of hydrogen-bond acceptors (Lipinski definition) is 4. The molecule has 0 radical (unpaired) electrons. The Kier molecular flexibility index (Phi) is 5.36. The minimum Gasteiger partial charge on any atom is -0.472 e. The van der Waals surface area contributed by atoms with Crippen LogP contribution in [0.15, 0.2) is 35.8 Å². The van der Waals surface area contributed by atoms with Crippen molar-refractivity contribution in [3.63, 3.8) is 0 Å². The smallest absolute Gasteiger partial charge is 0.213 e. The maximum atomic E-state index is 5.65. The van der Waals surface area contributed by atoms with Gasteiger partial charge in [-0.1, -0.05) is 19.1 Å². The monoisotopic (exact) mass is 276 g/mol. The molecule has 0 amide bonds. The highest BCUT2D eigenvalue weighted by molar-refractivity contribution is 7.09. The van der Waals surface area contributed by atoms with E-state index in [0.717, 1.165) is 13.0 Å². The van der Waals surface area contributed by atoms with Crippen molar-refractivity contribution in [2.24, 2.45) is 0 Å². The fourth-order valence-electron chi connectivity index (χ4n) is 1.75. The third-order valence-electron chi connectivity index (χ3n) is 2.90. The summed E-state index contributed by atoms with van der Waals surface area (Å²) < 4.78 is 5.65. The van der Waals surface area contributed by atoms with Gasteiger partial charge in [0, 0.05) is 23.2 Å². The van der Waals surface area contributed by atoms with Gasteiger partial charge in [-0.25, -0.2) is 4.98 Å². The molecule has 2 aromatic rings. The van der Waals surface area contributed by atoms with Gasteiger partial charge in [-0.15, -0.1) is 11.3 Å². The van der Waals surface area contributed by atoms with Gasteiger partial charge in [0.2, 0.25) is 5.88 Å². The fourth-order valence-corrected chi connectivity index (χ4v) is 2.37. The number of aromatic nitrogens is 1. The van der Waals surface area contributed by atoms with Gasteiger partial charge in [0.25, 0.3) is 0 Å². The predicted molar refractivity (Wildman–Crippen MR) is 79.6 cm³/mol. The summed E-state index contributed by atoms with van der Waals surface area (Å²) in [5.74, 6) is 0.680. The van der Waals surface area contributed by atoms with E-state index in [1.54, 1.807) is 11.3 Å². The summed E-state index contributed by atoms with van der Waals surface area (Å²) in [4.78, 5) is 5.56. The van der Waals surface area contributed by atoms with Crippen LogP contribution in [0.2, 0.25) is 0 Å². The van der Waals surface area contributed by atoms with E-state index in [9.17, 15) is 0 Å². The molecule has 4 heteroatoms. The highest BCUT2D eigenvalue weighted by Crippen LogP contribution is 2.16. The molecule has 0 aliphatic heterocycles. The largest absolute Gasteiger partial charge is 0.472 e. The van der Waals surface area contributed by atoms with E-state index in [-0.39, 0.29) is 0 Å². The zero-order valence-electron chi connectivity index (χ0n) is 11.4. The topological polar surface area (TPSA) is 34.1 Å². The van der Waals surface area contributed by atoms with Crippen LogP contribution in [0.5, 0.6) is 5.88 Å². The van der Waals surface area contributed by atoms with Crippen molar-refractivity contribution < 1.29 is 4.74 Å². The Morgan fingerprint density at radius 1 is 1.37 bits per heavy atom. The molecule has 19 heavy (non-hydrogen) atoms. The van der Waals surface area contributed by atoms with Gasteiger partial charge in [-0.3, -0.25) is 0 Å². The van der Waals surface area contributed by atoms with E-state index in [1.165, 1.54) is 10.4 Å².